The lowest BCUT2D eigenvalue weighted by atomic mass is 9.99. The fourth-order valence-corrected chi connectivity index (χ4v) is 5.38. The molecule has 2 heterocycles. The van der Waals surface area contributed by atoms with Gasteiger partial charge in [0, 0.05) is 16.0 Å². The number of hydrogen-bond donors (Lipinski definition) is 1. The summed E-state index contributed by atoms with van der Waals surface area (Å²) >= 11 is 4.04. The minimum Gasteiger partial charge on any atom is -0.316 e. The molecule has 0 aliphatic carbocycles. The topological polar surface area (TPSA) is 12.0 Å². The Morgan fingerprint density at radius 2 is 2.21 bits per heavy atom. The van der Waals surface area contributed by atoms with Gasteiger partial charge in [0.1, 0.15) is 0 Å². The third kappa shape index (κ3) is 2.99. The third-order valence-corrected chi connectivity index (χ3v) is 6.56. The van der Waals surface area contributed by atoms with E-state index in [9.17, 15) is 0 Å². The standard InChI is InChI=1S/C16H21NS2/c1-17-14(16-8-4-5-9-18-16)10-12-11-19-15-7-3-2-6-13(12)15/h2-3,6-7,11,14,16-17H,4-5,8-10H2,1H3. The molecular formula is C16H21NS2. The minimum absolute atomic E-state index is 0.614. The van der Waals surface area contributed by atoms with Crippen molar-refractivity contribution in [2.75, 3.05) is 12.8 Å². The first-order valence-corrected chi connectivity index (χ1v) is 9.05. The highest BCUT2D eigenvalue weighted by Gasteiger charge is 2.23. The monoisotopic (exact) mass is 291 g/mol. The Kier molecular flexibility index (Phi) is 4.46. The van der Waals surface area contributed by atoms with E-state index in [1.807, 2.05) is 11.3 Å². The first kappa shape index (κ1) is 13.5. The summed E-state index contributed by atoms with van der Waals surface area (Å²) in [5.74, 6) is 1.34. The van der Waals surface area contributed by atoms with Gasteiger partial charge in [-0.15, -0.1) is 11.3 Å². The smallest absolute Gasteiger partial charge is 0.0345 e. The van der Waals surface area contributed by atoms with Crippen LogP contribution in [0.15, 0.2) is 29.6 Å². The second-order valence-corrected chi connectivity index (χ2v) is 7.52. The molecule has 0 saturated carbocycles. The first-order valence-electron chi connectivity index (χ1n) is 7.12. The molecule has 3 heteroatoms. The second kappa shape index (κ2) is 6.29. The molecule has 19 heavy (non-hydrogen) atoms. The van der Waals surface area contributed by atoms with Gasteiger partial charge < -0.3 is 5.32 Å². The van der Waals surface area contributed by atoms with E-state index in [1.165, 1.54) is 40.7 Å². The predicted octanol–water partition coefficient (Wildman–Crippen LogP) is 4.32. The number of hydrogen-bond acceptors (Lipinski definition) is 3. The molecule has 1 fully saturated rings. The molecule has 1 N–H and O–H groups in total. The molecule has 0 bridgehead atoms. The number of likely N-dealkylation sites (N-methyl/N-ethyl adjacent to an activating group) is 1. The summed E-state index contributed by atoms with van der Waals surface area (Å²) in [7, 11) is 2.12. The Morgan fingerprint density at radius 1 is 1.32 bits per heavy atom. The summed E-state index contributed by atoms with van der Waals surface area (Å²) < 4.78 is 1.42. The van der Waals surface area contributed by atoms with Crippen molar-refractivity contribution in [2.24, 2.45) is 0 Å². The Morgan fingerprint density at radius 3 is 3.00 bits per heavy atom. The highest BCUT2D eigenvalue weighted by Crippen LogP contribution is 2.32. The van der Waals surface area contributed by atoms with Crippen molar-refractivity contribution in [3.05, 3.63) is 35.2 Å². The molecule has 1 aromatic heterocycles. The first-order chi connectivity index (χ1) is 9.38. The van der Waals surface area contributed by atoms with Gasteiger partial charge in [0.15, 0.2) is 0 Å². The zero-order valence-corrected chi connectivity index (χ0v) is 13.0. The molecule has 1 aliphatic heterocycles. The fourth-order valence-electron chi connectivity index (χ4n) is 2.93. The lowest BCUT2D eigenvalue weighted by Crippen LogP contribution is -2.38. The average molecular weight is 291 g/mol. The van der Waals surface area contributed by atoms with E-state index in [2.05, 4.69) is 53.8 Å². The lowest BCUT2D eigenvalue weighted by Gasteiger charge is -2.29. The Hall–Kier alpha value is -0.510. The van der Waals surface area contributed by atoms with Crippen LogP contribution >= 0.6 is 23.1 Å². The summed E-state index contributed by atoms with van der Waals surface area (Å²) in [6, 6.07) is 9.40. The molecule has 0 spiro atoms. The van der Waals surface area contributed by atoms with Gasteiger partial charge in [-0.3, -0.25) is 0 Å². The number of thiophene rings is 1. The van der Waals surface area contributed by atoms with E-state index < -0.39 is 0 Å². The van der Waals surface area contributed by atoms with Gasteiger partial charge >= 0.3 is 0 Å². The number of fused-ring (bicyclic) bond motifs is 1. The maximum absolute atomic E-state index is 3.56. The second-order valence-electron chi connectivity index (χ2n) is 5.26. The van der Waals surface area contributed by atoms with E-state index in [0.717, 1.165) is 11.7 Å². The van der Waals surface area contributed by atoms with E-state index in [0.29, 0.717) is 6.04 Å². The average Bonchev–Trinajstić information content (AvgIpc) is 2.89. The molecule has 0 radical (unpaired) electrons. The van der Waals surface area contributed by atoms with Gasteiger partial charge in [-0.25, -0.2) is 0 Å². The maximum atomic E-state index is 3.56. The Labute approximate surface area is 123 Å². The maximum Gasteiger partial charge on any atom is 0.0345 e. The summed E-state index contributed by atoms with van der Waals surface area (Å²) in [6.45, 7) is 0. The molecule has 3 rings (SSSR count). The van der Waals surface area contributed by atoms with E-state index in [-0.39, 0.29) is 0 Å². The summed E-state index contributed by atoms with van der Waals surface area (Å²) in [6.07, 6.45) is 5.34. The Balaban J connectivity index is 1.78. The van der Waals surface area contributed by atoms with E-state index in [4.69, 9.17) is 0 Å². The zero-order valence-electron chi connectivity index (χ0n) is 11.4. The summed E-state index contributed by atoms with van der Waals surface area (Å²) in [4.78, 5) is 0. The van der Waals surface area contributed by atoms with Crippen LogP contribution in [0.4, 0.5) is 0 Å². The van der Waals surface area contributed by atoms with E-state index in [1.54, 1.807) is 0 Å². The van der Waals surface area contributed by atoms with Gasteiger partial charge in [-0.2, -0.15) is 11.8 Å². The highest BCUT2D eigenvalue weighted by atomic mass is 32.2. The van der Waals surface area contributed by atoms with Crippen molar-refractivity contribution in [2.45, 2.75) is 37.0 Å². The van der Waals surface area contributed by atoms with Crippen LogP contribution in [0.25, 0.3) is 10.1 Å². The van der Waals surface area contributed by atoms with E-state index >= 15 is 0 Å². The van der Waals surface area contributed by atoms with Crippen LogP contribution < -0.4 is 5.32 Å². The molecular weight excluding hydrogens is 270 g/mol. The van der Waals surface area contributed by atoms with Crippen LogP contribution in [0.2, 0.25) is 0 Å². The number of rotatable bonds is 4. The predicted molar refractivity (Wildman–Crippen MR) is 88.5 cm³/mol. The van der Waals surface area contributed by atoms with Crippen molar-refractivity contribution in [3.63, 3.8) is 0 Å². The van der Waals surface area contributed by atoms with Crippen molar-refractivity contribution < 1.29 is 0 Å². The zero-order chi connectivity index (χ0) is 13.1. The molecule has 102 valence electrons. The van der Waals surface area contributed by atoms with Crippen molar-refractivity contribution in [1.29, 1.82) is 0 Å². The lowest BCUT2D eigenvalue weighted by molar-refractivity contribution is 0.496. The van der Waals surface area contributed by atoms with Crippen molar-refractivity contribution in [3.8, 4) is 0 Å². The molecule has 1 saturated heterocycles. The minimum atomic E-state index is 0.614. The number of nitrogens with one attached hydrogen (secondary N) is 1. The molecule has 2 atom stereocenters. The van der Waals surface area contributed by atoms with Crippen LogP contribution in [-0.2, 0) is 6.42 Å². The molecule has 2 unspecified atom stereocenters. The molecule has 1 nitrogen and oxygen atoms in total. The molecule has 1 aromatic carbocycles. The SMILES string of the molecule is CNC(Cc1csc2ccccc12)C1CCCCS1. The van der Waals surface area contributed by atoms with Gasteiger partial charge in [0.05, 0.1) is 0 Å². The number of benzene rings is 1. The molecule has 1 aliphatic rings. The number of thioether (sulfide) groups is 1. The third-order valence-electron chi connectivity index (χ3n) is 4.04. The summed E-state index contributed by atoms with van der Waals surface area (Å²) in [5, 5.41) is 8.15. The molecule has 2 aromatic rings. The normalized spacial score (nSPS) is 21.6. The van der Waals surface area contributed by atoms with Gasteiger partial charge in [0.25, 0.3) is 0 Å². The van der Waals surface area contributed by atoms with Crippen LogP contribution in [0.1, 0.15) is 24.8 Å². The molecule has 0 amide bonds. The van der Waals surface area contributed by atoms with Crippen LogP contribution in [0.3, 0.4) is 0 Å². The highest BCUT2D eigenvalue weighted by molar-refractivity contribution is 8.00. The van der Waals surface area contributed by atoms with Crippen LogP contribution in [0.5, 0.6) is 0 Å². The summed E-state index contributed by atoms with van der Waals surface area (Å²) in [5.41, 5.74) is 1.52. The van der Waals surface area contributed by atoms with Crippen LogP contribution in [0, 0.1) is 0 Å². The fraction of sp³-hybridized carbons (Fsp3) is 0.500. The van der Waals surface area contributed by atoms with Crippen LogP contribution in [-0.4, -0.2) is 24.1 Å². The Bertz CT molecular complexity index is 528. The van der Waals surface area contributed by atoms with Gasteiger partial charge in [0.2, 0.25) is 0 Å². The quantitative estimate of drug-likeness (QED) is 0.900. The van der Waals surface area contributed by atoms with Gasteiger partial charge in [-0.1, -0.05) is 24.6 Å². The van der Waals surface area contributed by atoms with Gasteiger partial charge in [-0.05, 0) is 54.5 Å². The largest absolute Gasteiger partial charge is 0.316 e. The van der Waals surface area contributed by atoms with Crippen molar-refractivity contribution in [1.82, 2.24) is 5.32 Å². The van der Waals surface area contributed by atoms with Crippen molar-refractivity contribution >= 4 is 33.2 Å².